The fourth-order valence-electron chi connectivity index (χ4n) is 0.553. The molecule has 0 amide bonds. The van der Waals surface area contributed by atoms with Gasteiger partial charge < -0.3 is 18.0 Å². The van der Waals surface area contributed by atoms with E-state index in [1.54, 1.807) is 14.2 Å². The van der Waals surface area contributed by atoms with Gasteiger partial charge in [-0.2, -0.15) is 0 Å². The average molecular weight is 194 g/mol. The third-order valence-corrected chi connectivity index (χ3v) is 3.62. The summed E-state index contributed by atoms with van der Waals surface area (Å²) >= 11 is 0. The molecule has 0 spiro atoms. The maximum atomic E-state index is 5.30. The number of hydrogen-bond acceptors (Lipinski definition) is 4. The molecule has 0 fully saturated rings. The molecule has 0 bridgehead atoms. The van der Waals surface area contributed by atoms with Gasteiger partial charge in [0, 0.05) is 27.4 Å². The lowest BCUT2D eigenvalue weighted by Crippen LogP contribution is -2.40. The van der Waals surface area contributed by atoms with Crippen molar-refractivity contribution in [3.05, 3.63) is 0 Å². The van der Waals surface area contributed by atoms with Crippen LogP contribution in [0.25, 0.3) is 0 Å². The number of ether oxygens (including phenoxy) is 1. The summed E-state index contributed by atoms with van der Waals surface area (Å²) in [5.41, 5.74) is 0. The Bertz CT molecular complexity index is 106. The molecule has 0 atom stereocenters. The molecule has 0 radical (unpaired) electrons. The minimum atomic E-state index is -2.37. The first kappa shape index (κ1) is 12.1. The second-order valence-corrected chi connectivity index (χ2v) is 5.27. The summed E-state index contributed by atoms with van der Waals surface area (Å²) in [7, 11) is 0.785. The van der Waals surface area contributed by atoms with Gasteiger partial charge in [-0.15, -0.1) is 0 Å². The van der Waals surface area contributed by atoms with Gasteiger partial charge in [-0.1, -0.05) is 6.92 Å². The van der Waals surface area contributed by atoms with Crippen LogP contribution in [0.15, 0.2) is 0 Å². The van der Waals surface area contributed by atoms with Gasteiger partial charge in [-0.3, -0.25) is 0 Å². The molecule has 12 heavy (non-hydrogen) atoms. The third-order valence-electron chi connectivity index (χ3n) is 1.49. The zero-order valence-corrected chi connectivity index (χ0v) is 9.25. The summed E-state index contributed by atoms with van der Waals surface area (Å²) in [6.45, 7) is 4.82. The normalized spacial score (nSPS) is 12.0. The Morgan fingerprint density at radius 3 is 2.17 bits per heavy atom. The zero-order chi connectivity index (χ0) is 9.45. The van der Waals surface area contributed by atoms with Gasteiger partial charge in [0.15, 0.2) is 0 Å². The van der Waals surface area contributed by atoms with Crippen LogP contribution in [0, 0.1) is 0 Å². The first-order valence-corrected chi connectivity index (χ1v) is 6.23. The van der Waals surface area contributed by atoms with Crippen LogP contribution in [0.5, 0.6) is 0 Å². The van der Waals surface area contributed by atoms with E-state index >= 15 is 0 Å². The molecule has 0 heterocycles. The molecule has 5 heteroatoms. The van der Waals surface area contributed by atoms with Crippen molar-refractivity contribution in [1.82, 2.24) is 0 Å². The monoisotopic (exact) mass is 194 g/mol. The Hall–Kier alpha value is 0.0569. The summed E-state index contributed by atoms with van der Waals surface area (Å²) in [6, 6.07) is 0. The highest BCUT2D eigenvalue weighted by atomic mass is 28.4. The maximum absolute atomic E-state index is 5.30. The Kier molecular flexibility index (Phi) is 6.59. The molecule has 0 aliphatic rings. The van der Waals surface area contributed by atoms with Crippen LogP contribution in [0.2, 0.25) is 6.55 Å². The molecular weight excluding hydrogens is 176 g/mol. The molecule has 0 unspecified atom stereocenters. The molecule has 0 aliphatic carbocycles. The van der Waals surface area contributed by atoms with Gasteiger partial charge in [0.1, 0.15) is 6.79 Å². The average Bonchev–Trinajstić information content (AvgIpc) is 2.12. The molecular formula is C7H18O4Si. The van der Waals surface area contributed by atoms with Crippen molar-refractivity contribution in [2.45, 2.75) is 19.9 Å². The SMILES string of the molecule is CCCOCO[Si](C)(OC)OC. The fraction of sp³-hybridized carbons (Fsp3) is 1.00. The van der Waals surface area contributed by atoms with E-state index < -0.39 is 8.80 Å². The van der Waals surface area contributed by atoms with Crippen LogP contribution in [-0.4, -0.2) is 36.4 Å². The molecule has 0 saturated heterocycles. The predicted octanol–water partition coefficient (Wildman–Crippen LogP) is 1.25. The largest absolute Gasteiger partial charge is 0.498 e. The Labute approximate surface area is 75.1 Å². The van der Waals surface area contributed by atoms with Gasteiger partial charge in [0.25, 0.3) is 0 Å². The van der Waals surface area contributed by atoms with Gasteiger partial charge in [0.2, 0.25) is 0 Å². The van der Waals surface area contributed by atoms with Crippen molar-refractivity contribution in [3.8, 4) is 0 Å². The van der Waals surface area contributed by atoms with Crippen molar-refractivity contribution < 1.29 is 18.0 Å². The van der Waals surface area contributed by atoms with E-state index in [0.717, 1.165) is 6.42 Å². The van der Waals surface area contributed by atoms with E-state index in [4.69, 9.17) is 18.0 Å². The lowest BCUT2D eigenvalue weighted by atomic mass is 10.5. The third kappa shape index (κ3) is 4.84. The maximum Gasteiger partial charge on any atom is 0.498 e. The summed E-state index contributed by atoms with van der Waals surface area (Å²) in [6.07, 6.45) is 0.988. The van der Waals surface area contributed by atoms with Crippen LogP contribution in [0.4, 0.5) is 0 Å². The highest BCUT2D eigenvalue weighted by molar-refractivity contribution is 6.59. The summed E-state index contributed by atoms with van der Waals surface area (Å²) in [5, 5.41) is 0. The standard InChI is InChI=1S/C7H18O4Si/c1-5-6-10-7-11-12(4,8-2)9-3/h5-7H2,1-4H3. The lowest BCUT2D eigenvalue weighted by Gasteiger charge is -2.21. The molecule has 0 aliphatic heterocycles. The first-order valence-electron chi connectivity index (χ1n) is 4.00. The van der Waals surface area contributed by atoms with E-state index in [9.17, 15) is 0 Å². The van der Waals surface area contributed by atoms with Gasteiger partial charge >= 0.3 is 8.80 Å². The van der Waals surface area contributed by atoms with Gasteiger partial charge in [-0.05, 0) is 6.42 Å². The second-order valence-electron chi connectivity index (χ2n) is 2.44. The van der Waals surface area contributed by atoms with Crippen molar-refractivity contribution >= 4 is 8.80 Å². The quantitative estimate of drug-likeness (QED) is 0.347. The van der Waals surface area contributed by atoms with Crippen LogP contribution >= 0.6 is 0 Å². The second kappa shape index (κ2) is 6.56. The van der Waals surface area contributed by atoms with Crippen LogP contribution in [-0.2, 0) is 18.0 Å². The van der Waals surface area contributed by atoms with Gasteiger partial charge in [0.05, 0.1) is 0 Å². The zero-order valence-electron chi connectivity index (χ0n) is 8.25. The Balaban J connectivity index is 3.45. The van der Waals surface area contributed by atoms with E-state index in [2.05, 4.69) is 0 Å². The van der Waals surface area contributed by atoms with Crippen LogP contribution < -0.4 is 0 Å². The van der Waals surface area contributed by atoms with Crippen molar-refractivity contribution in [2.24, 2.45) is 0 Å². The highest BCUT2D eigenvalue weighted by Gasteiger charge is 2.31. The molecule has 0 aromatic rings. The minimum Gasteiger partial charge on any atom is -0.377 e. The summed E-state index contributed by atoms with van der Waals surface area (Å²) < 4.78 is 20.6. The van der Waals surface area contributed by atoms with Gasteiger partial charge in [-0.25, -0.2) is 0 Å². The topological polar surface area (TPSA) is 36.9 Å². The van der Waals surface area contributed by atoms with E-state index in [-0.39, 0.29) is 6.79 Å². The number of hydrogen-bond donors (Lipinski definition) is 0. The Morgan fingerprint density at radius 2 is 1.75 bits per heavy atom. The molecule has 0 saturated carbocycles. The lowest BCUT2D eigenvalue weighted by molar-refractivity contribution is -0.0299. The van der Waals surface area contributed by atoms with Crippen molar-refractivity contribution in [3.63, 3.8) is 0 Å². The van der Waals surface area contributed by atoms with E-state index in [1.807, 2.05) is 13.5 Å². The van der Waals surface area contributed by atoms with Crippen LogP contribution in [0.1, 0.15) is 13.3 Å². The predicted molar refractivity (Wildman–Crippen MR) is 47.8 cm³/mol. The first-order chi connectivity index (χ1) is 5.68. The van der Waals surface area contributed by atoms with E-state index in [1.165, 1.54) is 0 Å². The fourth-order valence-corrected chi connectivity index (χ4v) is 1.25. The molecule has 4 nitrogen and oxygen atoms in total. The van der Waals surface area contributed by atoms with Crippen molar-refractivity contribution in [2.75, 3.05) is 27.6 Å². The molecule has 74 valence electrons. The minimum absolute atomic E-state index is 0.248. The highest BCUT2D eigenvalue weighted by Crippen LogP contribution is 2.05. The smallest absolute Gasteiger partial charge is 0.377 e. The van der Waals surface area contributed by atoms with E-state index in [0.29, 0.717) is 6.61 Å². The molecule has 0 aromatic carbocycles. The summed E-state index contributed by atoms with van der Waals surface area (Å²) in [5.74, 6) is 0. The molecule has 0 N–H and O–H groups in total. The van der Waals surface area contributed by atoms with Crippen molar-refractivity contribution in [1.29, 1.82) is 0 Å². The summed E-state index contributed by atoms with van der Waals surface area (Å²) in [4.78, 5) is 0. The Morgan fingerprint density at radius 1 is 1.17 bits per heavy atom. The van der Waals surface area contributed by atoms with Crippen LogP contribution in [0.3, 0.4) is 0 Å². The molecule has 0 rings (SSSR count). The molecule has 0 aromatic heterocycles. The number of rotatable bonds is 7.